The van der Waals surface area contributed by atoms with Gasteiger partial charge in [-0.25, -0.2) is 4.39 Å². The summed E-state index contributed by atoms with van der Waals surface area (Å²) >= 11 is 0. The van der Waals surface area contributed by atoms with Crippen LogP contribution in [0.1, 0.15) is 87.7 Å². The van der Waals surface area contributed by atoms with Gasteiger partial charge in [0.05, 0.1) is 6.33 Å². The van der Waals surface area contributed by atoms with Gasteiger partial charge in [-0.05, 0) is 42.2 Å². The third-order valence-electron chi connectivity index (χ3n) is 6.21. The first-order valence-corrected chi connectivity index (χ1v) is 10.5. The third-order valence-corrected chi connectivity index (χ3v) is 6.21. The maximum absolute atomic E-state index is 13.5. The van der Waals surface area contributed by atoms with Crippen molar-refractivity contribution in [1.82, 2.24) is 0 Å². The van der Waals surface area contributed by atoms with Crippen LogP contribution in [0.15, 0.2) is 54.9 Å². The molecular formula is C25H33F. The van der Waals surface area contributed by atoms with Crippen molar-refractivity contribution in [2.45, 2.75) is 76.5 Å². The van der Waals surface area contributed by atoms with Crippen LogP contribution in [0.2, 0.25) is 0 Å². The van der Waals surface area contributed by atoms with Crippen molar-refractivity contribution in [1.29, 1.82) is 0 Å². The molecule has 0 radical (unpaired) electrons. The van der Waals surface area contributed by atoms with Gasteiger partial charge in [0.2, 0.25) is 0 Å². The summed E-state index contributed by atoms with van der Waals surface area (Å²) in [5.41, 5.74) is 4.13. The number of hydrogen-bond donors (Lipinski definition) is 0. The van der Waals surface area contributed by atoms with Gasteiger partial charge in [-0.15, -0.1) is 0 Å². The molecule has 3 rings (SSSR count). The van der Waals surface area contributed by atoms with Gasteiger partial charge in [-0.3, -0.25) is 0 Å². The SMILES string of the molecule is C=C(/C=C\C(=C\F)c1ccc(C2CCCCC2)cc1)CC1CCCCC1. The Balaban J connectivity index is 1.58. The molecule has 26 heavy (non-hydrogen) atoms. The van der Waals surface area contributed by atoms with Crippen LogP contribution in [0.3, 0.4) is 0 Å². The van der Waals surface area contributed by atoms with Crippen LogP contribution < -0.4 is 0 Å². The summed E-state index contributed by atoms with van der Waals surface area (Å²) in [4.78, 5) is 0. The summed E-state index contributed by atoms with van der Waals surface area (Å²) in [6, 6.07) is 8.53. The molecule has 2 aliphatic carbocycles. The van der Waals surface area contributed by atoms with Crippen molar-refractivity contribution in [2.75, 3.05) is 0 Å². The second-order valence-electron chi connectivity index (χ2n) is 8.22. The maximum Gasteiger partial charge on any atom is 0.0945 e. The Hall–Kier alpha value is -1.63. The lowest BCUT2D eigenvalue weighted by Gasteiger charge is -2.22. The highest BCUT2D eigenvalue weighted by Gasteiger charge is 2.15. The highest BCUT2D eigenvalue weighted by atomic mass is 19.1. The standard InChI is InChI=1S/C25H33F/c1-20(18-21-8-4-2-5-9-21)12-13-25(19-26)24-16-14-23(15-17-24)22-10-6-3-7-11-22/h12-17,19,21-22H,1-11,18H2/b13-12-,25-19-. The summed E-state index contributed by atoms with van der Waals surface area (Å²) < 4.78 is 13.5. The van der Waals surface area contributed by atoms with E-state index in [4.69, 9.17) is 0 Å². The molecule has 2 aliphatic rings. The summed E-state index contributed by atoms with van der Waals surface area (Å²) in [5, 5.41) is 0. The van der Waals surface area contributed by atoms with E-state index in [0.717, 1.165) is 29.8 Å². The first-order valence-electron chi connectivity index (χ1n) is 10.5. The Morgan fingerprint density at radius 3 is 2.12 bits per heavy atom. The van der Waals surface area contributed by atoms with E-state index < -0.39 is 0 Å². The lowest BCUT2D eigenvalue weighted by molar-refractivity contribution is 0.358. The Labute approximate surface area is 158 Å². The van der Waals surface area contributed by atoms with Gasteiger partial charge in [0.15, 0.2) is 0 Å². The lowest BCUT2D eigenvalue weighted by Crippen LogP contribution is -2.06. The highest BCUT2D eigenvalue weighted by molar-refractivity contribution is 5.73. The van der Waals surface area contributed by atoms with Gasteiger partial charge in [0.25, 0.3) is 0 Å². The Bertz CT molecular complexity index is 623. The molecule has 1 heteroatoms. The minimum absolute atomic E-state index is 0.644. The van der Waals surface area contributed by atoms with Crippen LogP contribution in [-0.4, -0.2) is 0 Å². The third kappa shape index (κ3) is 5.43. The minimum atomic E-state index is 0.644. The molecule has 0 saturated heterocycles. The monoisotopic (exact) mass is 352 g/mol. The molecule has 1 aromatic carbocycles. The zero-order valence-corrected chi connectivity index (χ0v) is 16.1. The molecule has 2 fully saturated rings. The average molecular weight is 353 g/mol. The normalized spacial score (nSPS) is 20.6. The van der Waals surface area contributed by atoms with Crippen LogP contribution in [-0.2, 0) is 0 Å². The predicted octanol–water partition coefficient (Wildman–Crippen LogP) is 8.13. The molecule has 0 spiro atoms. The van der Waals surface area contributed by atoms with Crippen molar-refractivity contribution >= 4 is 5.57 Å². The van der Waals surface area contributed by atoms with Gasteiger partial charge < -0.3 is 0 Å². The van der Waals surface area contributed by atoms with Crippen LogP contribution in [0.5, 0.6) is 0 Å². The molecule has 0 aromatic heterocycles. The van der Waals surface area contributed by atoms with Crippen molar-refractivity contribution in [3.8, 4) is 0 Å². The Kier molecular flexibility index (Phi) is 7.29. The fraction of sp³-hybridized carbons (Fsp3) is 0.520. The summed E-state index contributed by atoms with van der Waals surface area (Å²) in [6.45, 7) is 4.19. The van der Waals surface area contributed by atoms with Crippen LogP contribution in [0.25, 0.3) is 5.57 Å². The van der Waals surface area contributed by atoms with Crippen LogP contribution in [0.4, 0.5) is 4.39 Å². The fourth-order valence-corrected chi connectivity index (χ4v) is 4.62. The van der Waals surface area contributed by atoms with E-state index in [9.17, 15) is 4.39 Å². The Morgan fingerprint density at radius 1 is 0.885 bits per heavy atom. The van der Waals surface area contributed by atoms with E-state index in [1.54, 1.807) is 0 Å². The second kappa shape index (κ2) is 9.90. The molecule has 0 heterocycles. The molecule has 0 atom stereocenters. The van der Waals surface area contributed by atoms with Gasteiger partial charge in [-0.1, -0.05) is 99.9 Å². The molecular weight excluding hydrogens is 319 g/mol. The molecule has 0 aliphatic heterocycles. The smallest absolute Gasteiger partial charge is 0.0945 e. The lowest BCUT2D eigenvalue weighted by atomic mass is 9.83. The largest absolute Gasteiger partial charge is 0.215 e. The van der Waals surface area contributed by atoms with Crippen molar-refractivity contribution in [3.63, 3.8) is 0 Å². The molecule has 2 saturated carbocycles. The van der Waals surface area contributed by atoms with E-state index in [-0.39, 0.29) is 0 Å². The fourth-order valence-electron chi connectivity index (χ4n) is 4.62. The second-order valence-corrected chi connectivity index (χ2v) is 8.22. The minimum Gasteiger partial charge on any atom is -0.215 e. The van der Waals surface area contributed by atoms with Crippen LogP contribution in [0, 0.1) is 5.92 Å². The summed E-state index contributed by atoms with van der Waals surface area (Å²) in [5.74, 6) is 1.47. The number of halogens is 1. The van der Waals surface area contributed by atoms with E-state index in [1.807, 2.05) is 12.2 Å². The summed E-state index contributed by atoms with van der Waals surface area (Å²) in [6.07, 6.45) is 19.0. The Morgan fingerprint density at radius 2 is 1.50 bits per heavy atom. The molecule has 0 unspecified atom stereocenters. The van der Waals surface area contributed by atoms with E-state index in [1.165, 1.54) is 69.8 Å². The number of allylic oxidation sites excluding steroid dienone is 4. The van der Waals surface area contributed by atoms with Gasteiger partial charge in [-0.2, -0.15) is 0 Å². The summed E-state index contributed by atoms with van der Waals surface area (Å²) in [7, 11) is 0. The van der Waals surface area contributed by atoms with Gasteiger partial charge >= 0.3 is 0 Å². The van der Waals surface area contributed by atoms with E-state index >= 15 is 0 Å². The number of hydrogen-bond acceptors (Lipinski definition) is 0. The highest BCUT2D eigenvalue weighted by Crippen LogP contribution is 2.33. The molecule has 1 aromatic rings. The quantitative estimate of drug-likeness (QED) is 0.453. The molecule has 0 bridgehead atoms. The van der Waals surface area contributed by atoms with Gasteiger partial charge in [0.1, 0.15) is 0 Å². The maximum atomic E-state index is 13.5. The predicted molar refractivity (Wildman–Crippen MR) is 111 cm³/mol. The van der Waals surface area contributed by atoms with E-state index in [2.05, 4.69) is 30.8 Å². The average Bonchev–Trinajstić information content (AvgIpc) is 2.70. The van der Waals surface area contributed by atoms with Crippen molar-refractivity contribution in [3.05, 3.63) is 66.0 Å². The van der Waals surface area contributed by atoms with Crippen LogP contribution >= 0.6 is 0 Å². The molecule has 0 N–H and O–H groups in total. The number of benzene rings is 1. The molecule has 0 nitrogen and oxygen atoms in total. The van der Waals surface area contributed by atoms with Gasteiger partial charge in [0, 0.05) is 5.57 Å². The van der Waals surface area contributed by atoms with E-state index in [0.29, 0.717) is 11.5 Å². The van der Waals surface area contributed by atoms with Crippen molar-refractivity contribution < 1.29 is 4.39 Å². The first kappa shape index (κ1) is 19.1. The topological polar surface area (TPSA) is 0 Å². The number of rotatable bonds is 6. The molecule has 0 amide bonds. The van der Waals surface area contributed by atoms with Crippen molar-refractivity contribution in [2.24, 2.45) is 5.92 Å². The first-order chi connectivity index (χ1) is 12.8. The molecule has 140 valence electrons. The zero-order chi connectivity index (χ0) is 18.2. The zero-order valence-electron chi connectivity index (χ0n) is 16.1.